The predicted octanol–water partition coefficient (Wildman–Crippen LogP) is 3.64. The van der Waals surface area contributed by atoms with Crippen LogP contribution in [-0.4, -0.2) is 19.9 Å². The Kier molecular flexibility index (Phi) is 4.15. The van der Waals surface area contributed by atoms with E-state index in [2.05, 4.69) is 15.2 Å². The molecule has 0 saturated heterocycles. The number of nitrogens with zero attached hydrogens (tertiary/aromatic N) is 4. The van der Waals surface area contributed by atoms with E-state index in [-0.39, 0.29) is 11.1 Å². The monoisotopic (exact) mass is 344 g/mol. The van der Waals surface area contributed by atoms with Crippen molar-refractivity contribution in [3.05, 3.63) is 76.5 Å². The van der Waals surface area contributed by atoms with Crippen LogP contribution in [0.2, 0.25) is 0 Å². The van der Waals surface area contributed by atoms with Crippen molar-refractivity contribution in [1.29, 1.82) is 0 Å². The normalized spacial score (nSPS) is 11.4. The number of aromatic nitrogens is 4. The molecule has 0 radical (unpaired) electrons. The Hall–Kier alpha value is -3.54. The lowest BCUT2D eigenvalue weighted by Crippen LogP contribution is -2.23. The molecule has 3 aromatic heterocycles. The molecular weight excluding hydrogens is 328 g/mol. The van der Waals surface area contributed by atoms with Crippen LogP contribution in [0.1, 0.15) is 18.2 Å². The highest BCUT2D eigenvalue weighted by Crippen LogP contribution is 2.28. The first-order chi connectivity index (χ1) is 12.8. The van der Waals surface area contributed by atoms with Gasteiger partial charge in [-0.1, -0.05) is 41.6 Å². The standard InChI is InChI=1S/C20H16N4O2/c1-2-24-20(25)19-17(18(22-24)15-8-4-3-5-9-15)16(26-23-19)11-10-14-7-6-12-21-13-14/h3-13H,2H2,1H3/b11-10+. The van der Waals surface area contributed by atoms with Gasteiger partial charge in [-0.3, -0.25) is 9.78 Å². The van der Waals surface area contributed by atoms with Crippen LogP contribution in [0.25, 0.3) is 34.3 Å². The largest absolute Gasteiger partial charge is 0.355 e. The second-order valence-electron chi connectivity index (χ2n) is 5.73. The first-order valence-corrected chi connectivity index (χ1v) is 8.32. The van der Waals surface area contributed by atoms with Crippen LogP contribution in [-0.2, 0) is 6.54 Å². The zero-order chi connectivity index (χ0) is 17.9. The average Bonchev–Trinajstić information content (AvgIpc) is 3.13. The summed E-state index contributed by atoms with van der Waals surface area (Å²) in [7, 11) is 0. The number of pyridine rings is 1. The summed E-state index contributed by atoms with van der Waals surface area (Å²) in [6.07, 6.45) is 7.12. The first-order valence-electron chi connectivity index (χ1n) is 8.32. The molecule has 0 amide bonds. The van der Waals surface area contributed by atoms with Gasteiger partial charge in [-0.05, 0) is 30.7 Å². The third-order valence-corrected chi connectivity index (χ3v) is 4.07. The van der Waals surface area contributed by atoms with E-state index in [9.17, 15) is 4.79 Å². The molecule has 0 fully saturated rings. The van der Waals surface area contributed by atoms with Crippen LogP contribution in [0.3, 0.4) is 0 Å². The third-order valence-electron chi connectivity index (χ3n) is 4.07. The lowest BCUT2D eigenvalue weighted by molar-refractivity contribution is 0.420. The predicted molar refractivity (Wildman–Crippen MR) is 100 cm³/mol. The summed E-state index contributed by atoms with van der Waals surface area (Å²) in [4.78, 5) is 16.7. The van der Waals surface area contributed by atoms with Crippen molar-refractivity contribution in [2.24, 2.45) is 0 Å². The van der Waals surface area contributed by atoms with Gasteiger partial charge in [-0.25, -0.2) is 4.68 Å². The second kappa shape index (κ2) is 6.76. The van der Waals surface area contributed by atoms with E-state index in [1.54, 1.807) is 18.5 Å². The number of aryl methyl sites for hydroxylation is 1. The van der Waals surface area contributed by atoms with E-state index in [1.165, 1.54) is 4.68 Å². The number of rotatable bonds is 4. The van der Waals surface area contributed by atoms with Crippen molar-refractivity contribution in [2.45, 2.75) is 13.5 Å². The molecule has 6 nitrogen and oxygen atoms in total. The third kappa shape index (κ3) is 2.82. The average molecular weight is 344 g/mol. The number of benzene rings is 1. The zero-order valence-corrected chi connectivity index (χ0v) is 14.2. The topological polar surface area (TPSA) is 73.8 Å². The molecule has 0 spiro atoms. The quantitative estimate of drug-likeness (QED) is 0.565. The maximum Gasteiger partial charge on any atom is 0.296 e. The Morgan fingerprint density at radius 3 is 2.69 bits per heavy atom. The van der Waals surface area contributed by atoms with Gasteiger partial charge in [0.05, 0.1) is 5.39 Å². The maximum absolute atomic E-state index is 12.6. The molecule has 3 heterocycles. The molecule has 6 heteroatoms. The van der Waals surface area contributed by atoms with E-state index in [0.717, 1.165) is 11.1 Å². The molecule has 0 aliphatic rings. The van der Waals surface area contributed by atoms with Gasteiger partial charge in [0.2, 0.25) is 0 Å². The number of hydrogen-bond acceptors (Lipinski definition) is 5. The lowest BCUT2D eigenvalue weighted by Gasteiger charge is -2.06. The van der Waals surface area contributed by atoms with E-state index < -0.39 is 0 Å². The van der Waals surface area contributed by atoms with Gasteiger partial charge in [0.1, 0.15) is 5.69 Å². The molecule has 0 saturated carbocycles. The molecule has 0 atom stereocenters. The Morgan fingerprint density at radius 2 is 1.96 bits per heavy atom. The van der Waals surface area contributed by atoms with E-state index >= 15 is 0 Å². The SMILES string of the molecule is CCn1nc(-c2ccccc2)c2c(/C=C/c3cccnc3)onc2c1=O. The molecule has 0 bridgehead atoms. The van der Waals surface area contributed by atoms with Crippen molar-refractivity contribution in [1.82, 2.24) is 19.9 Å². The highest BCUT2D eigenvalue weighted by Gasteiger charge is 2.19. The van der Waals surface area contributed by atoms with Crippen molar-refractivity contribution in [3.63, 3.8) is 0 Å². The van der Waals surface area contributed by atoms with Crippen LogP contribution in [0.5, 0.6) is 0 Å². The van der Waals surface area contributed by atoms with E-state index in [1.807, 2.05) is 55.5 Å². The summed E-state index contributed by atoms with van der Waals surface area (Å²) < 4.78 is 6.87. The Labute approximate surface area is 149 Å². The summed E-state index contributed by atoms with van der Waals surface area (Å²) in [6, 6.07) is 13.5. The fourth-order valence-electron chi connectivity index (χ4n) is 2.79. The Balaban J connectivity index is 1.94. The summed E-state index contributed by atoms with van der Waals surface area (Å²) in [5.41, 5.74) is 2.53. The number of fused-ring (bicyclic) bond motifs is 1. The van der Waals surface area contributed by atoms with Gasteiger partial charge in [0, 0.05) is 24.5 Å². The minimum absolute atomic E-state index is 0.257. The van der Waals surface area contributed by atoms with Gasteiger partial charge < -0.3 is 4.52 Å². The fourth-order valence-corrected chi connectivity index (χ4v) is 2.79. The van der Waals surface area contributed by atoms with Crippen molar-refractivity contribution in [2.75, 3.05) is 0 Å². The summed E-state index contributed by atoms with van der Waals surface area (Å²) in [5.74, 6) is 0.496. The van der Waals surface area contributed by atoms with Crippen LogP contribution in [0.4, 0.5) is 0 Å². The second-order valence-corrected chi connectivity index (χ2v) is 5.73. The van der Waals surface area contributed by atoms with E-state index in [4.69, 9.17) is 4.52 Å². The first kappa shape index (κ1) is 16.0. The Bertz CT molecular complexity index is 1130. The lowest BCUT2D eigenvalue weighted by atomic mass is 10.1. The minimum atomic E-state index is -0.257. The van der Waals surface area contributed by atoms with Crippen molar-refractivity contribution in [3.8, 4) is 11.3 Å². The summed E-state index contributed by atoms with van der Waals surface area (Å²) >= 11 is 0. The molecule has 4 aromatic rings. The maximum atomic E-state index is 12.6. The molecule has 0 aliphatic carbocycles. The van der Waals surface area contributed by atoms with Crippen LogP contribution in [0, 0.1) is 0 Å². The Morgan fingerprint density at radius 1 is 1.12 bits per heavy atom. The highest BCUT2D eigenvalue weighted by molar-refractivity contribution is 5.97. The molecular formula is C20H16N4O2. The van der Waals surface area contributed by atoms with Gasteiger partial charge >= 0.3 is 0 Å². The van der Waals surface area contributed by atoms with Gasteiger partial charge in [0.25, 0.3) is 5.56 Å². The van der Waals surface area contributed by atoms with Gasteiger partial charge in [0.15, 0.2) is 11.3 Å². The summed E-state index contributed by atoms with van der Waals surface area (Å²) in [6.45, 7) is 2.33. The van der Waals surface area contributed by atoms with Crippen LogP contribution < -0.4 is 5.56 Å². The van der Waals surface area contributed by atoms with E-state index in [0.29, 0.717) is 23.4 Å². The zero-order valence-electron chi connectivity index (χ0n) is 14.2. The molecule has 0 N–H and O–H groups in total. The van der Waals surface area contributed by atoms with Crippen LogP contribution >= 0.6 is 0 Å². The molecule has 4 rings (SSSR count). The number of hydrogen-bond donors (Lipinski definition) is 0. The molecule has 1 aromatic carbocycles. The molecule has 0 aliphatic heterocycles. The van der Waals surface area contributed by atoms with Gasteiger partial charge in [-0.15, -0.1) is 0 Å². The smallest absolute Gasteiger partial charge is 0.296 e. The fraction of sp³-hybridized carbons (Fsp3) is 0.100. The van der Waals surface area contributed by atoms with Crippen molar-refractivity contribution < 1.29 is 4.52 Å². The molecule has 0 unspecified atom stereocenters. The minimum Gasteiger partial charge on any atom is -0.355 e. The van der Waals surface area contributed by atoms with Crippen LogP contribution in [0.15, 0.2) is 64.2 Å². The highest BCUT2D eigenvalue weighted by atomic mass is 16.5. The van der Waals surface area contributed by atoms with Gasteiger partial charge in [-0.2, -0.15) is 5.10 Å². The summed E-state index contributed by atoms with van der Waals surface area (Å²) in [5, 5.41) is 9.16. The van der Waals surface area contributed by atoms with Crippen molar-refractivity contribution >= 4 is 23.1 Å². The molecule has 26 heavy (non-hydrogen) atoms. The molecule has 128 valence electrons.